The van der Waals surface area contributed by atoms with E-state index in [1.165, 1.54) is 19.2 Å². The van der Waals surface area contributed by atoms with Crippen molar-refractivity contribution >= 4 is 22.7 Å². The van der Waals surface area contributed by atoms with Crippen molar-refractivity contribution in [2.24, 2.45) is 0 Å². The van der Waals surface area contributed by atoms with Gasteiger partial charge in [-0.2, -0.15) is 0 Å². The summed E-state index contributed by atoms with van der Waals surface area (Å²) in [5.74, 6) is -0.467. The lowest BCUT2D eigenvalue weighted by Crippen LogP contribution is -2.39. The zero-order chi connectivity index (χ0) is 22.0. The number of piperidine rings is 1. The summed E-state index contributed by atoms with van der Waals surface area (Å²) in [6, 6.07) is 4.98. The van der Waals surface area contributed by atoms with Crippen LogP contribution in [-0.4, -0.2) is 53.0 Å². The zero-order valence-corrected chi connectivity index (χ0v) is 17.0. The summed E-state index contributed by atoms with van der Waals surface area (Å²) in [5, 5.41) is 9.38. The number of halogens is 2. The van der Waals surface area contributed by atoms with Gasteiger partial charge in [-0.15, -0.1) is 0 Å². The van der Waals surface area contributed by atoms with Crippen molar-refractivity contribution in [2.45, 2.75) is 25.0 Å². The Morgan fingerprint density at radius 1 is 1.19 bits per heavy atom. The highest BCUT2D eigenvalue weighted by atomic mass is 19.1. The van der Waals surface area contributed by atoms with Crippen LogP contribution in [0.15, 0.2) is 30.5 Å². The Balaban J connectivity index is 1.47. The molecule has 31 heavy (non-hydrogen) atoms. The molecule has 3 aromatic rings. The first-order valence-electron chi connectivity index (χ1n) is 9.92. The number of aromatic nitrogens is 3. The number of nitrogens with two attached hydrogens (primary N) is 1. The Bertz CT molecular complexity index is 1070. The molecule has 0 radical (unpaired) electrons. The molecular formula is C21H23F2N5O3. The summed E-state index contributed by atoms with van der Waals surface area (Å²) in [6.07, 6.45) is 2.09. The van der Waals surface area contributed by atoms with Crippen molar-refractivity contribution in [2.75, 3.05) is 37.4 Å². The van der Waals surface area contributed by atoms with E-state index in [4.69, 9.17) is 15.2 Å². The highest BCUT2D eigenvalue weighted by molar-refractivity contribution is 5.79. The average molecular weight is 431 g/mol. The van der Waals surface area contributed by atoms with Gasteiger partial charge < -0.3 is 25.2 Å². The van der Waals surface area contributed by atoms with E-state index in [0.29, 0.717) is 48.5 Å². The maximum Gasteiger partial charge on any atom is 0.172 e. The molecule has 3 N–H and O–H groups in total. The van der Waals surface area contributed by atoms with Crippen molar-refractivity contribution in [1.29, 1.82) is 0 Å². The fourth-order valence-corrected chi connectivity index (χ4v) is 3.61. The number of nitrogen functional groups attached to an aromatic ring is 1. The van der Waals surface area contributed by atoms with Gasteiger partial charge in [0.25, 0.3) is 0 Å². The van der Waals surface area contributed by atoms with Gasteiger partial charge in [0.05, 0.1) is 24.0 Å². The second-order valence-corrected chi connectivity index (χ2v) is 7.32. The molecule has 0 saturated carbocycles. The minimum Gasteiger partial charge on any atom is -0.487 e. The fourth-order valence-electron chi connectivity index (χ4n) is 3.61. The average Bonchev–Trinajstić information content (AvgIpc) is 2.76. The lowest BCUT2D eigenvalue weighted by Gasteiger charge is -2.33. The van der Waals surface area contributed by atoms with Gasteiger partial charge in [-0.05, 0) is 18.2 Å². The van der Waals surface area contributed by atoms with Crippen LogP contribution in [0.2, 0.25) is 0 Å². The minimum atomic E-state index is -0.712. The van der Waals surface area contributed by atoms with Crippen LogP contribution in [0, 0.1) is 11.6 Å². The molecule has 1 unspecified atom stereocenters. The number of rotatable bonds is 6. The smallest absolute Gasteiger partial charge is 0.172 e. The molecule has 1 saturated heterocycles. The molecule has 4 rings (SSSR count). The maximum absolute atomic E-state index is 13.8. The van der Waals surface area contributed by atoms with Crippen LogP contribution >= 0.6 is 0 Å². The van der Waals surface area contributed by atoms with Crippen LogP contribution in [0.1, 0.15) is 24.6 Å². The van der Waals surface area contributed by atoms with E-state index in [0.717, 1.165) is 6.07 Å². The lowest BCUT2D eigenvalue weighted by molar-refractivity contribution is 0.0456. The van der Waals surface area contributed by atoms with E-state index in [1.54, 1.807) is 12.3 Å². The standard InChI is InChI=1S/C21H23F2N5O3/c1-30-19(11-29)16-9-15-17(10-25-16)27-21(20(24)26-15)28-6-4-13(5-7-28)31-18-3-2-12(22)8-14(18)23/h2-3,8-10,13,19,29H,4-7,11H2,1H3,(H2,24,26). The quantitative estimate of drug-likeness (QED) is 0.614. The molecule has 0 spiro atoms. The fraction of sp³-hybridized carbons (Fsp3) is 0.381. The summed E-state index contributed by atoms with van der Waals surface area (Å²) in [5.41, 5.74) is 7.85. The maximum atomic E-state index is 13.8. The minimum absolute atomic E-state index is 0.0454. The van der Waals surface area contributed by atoms with Gasteiger partial charge in [-0.25, -0.2) is 18.7 Å². The molecule has 10 heteroatoms. The normalized spacial score (nSPS) is 15.9. The molecular weight excluding hydrogens is 408 g/mol. The first kappa shape index (κ1) is 21.1. The largest absolute Gasteiger partial charge is 0.487 e. The molecule has 8 nitrogen and oxygen atoms in total. The van der Waals surface area contributed by atoms with Crippen molar-refractivity contribution in [3.05, 3.63) is 47.8 Å². The van der Waals surface area contributed by atoms with Gasteiger partial charge in [-0.1, -0.05) is 0 Å². The van der Waals surface area contributed by atoms with Gasteiger partial charge in [0.1, 0.15) is 23.5 Å². The number of hydrogen-bond donors (Lipinski definition) is 2. The van der Waals surface area contributed by atoms with Gasteiger partial charge in [-0.3, -0.25) is 4.98 Å². The molecule has 3 heterocycles. The summed E-state index contributed by atoms with van der Waals surface area (Å²) in [7, 11) is 1.49. The van der Waals surface area contributed by atoms with E-state index in [9.17, 15) is 13.9 Å². The van der Waals surface area contributed by atoms with E-state index < -0.39 is 17.7 Å². The van der Waals surface area contributed by atoms with Crippen LogP contribution < -0.4 is 15.4 Å². The van der Waals surface area contributed by atoms with Crippen molar-refractivity contribution in [1.82, 2.24) is 15.0 Å². The highest BCUT2D eigenvalue weighted by Crippen LogP contribution is 2.28. The summed E-state index contributed by atoms with van der Waals surface area (Å²) in [6.45, 7) is 0.994. The van der Waals surface area contributed by atoms with Gasteiger partial charge in [0, 0.05) is 39.1 Å². The molecule has 1 aromatic carbocycles. The number of anilines is 2. The SMILES string of the molecule is COC(CO)c1cc2nc(N)c(N3CCC(Oc4ccc(F)cc4F)CC3)nc2cn1. The molecule has 0 aliphatic carbocycles. The third-order valence-corrected chi connectivity index (χ3v) is 5.29. The third kappa shape index (κ3) is 4.49. The molecule has 1 atom stereocenters. The Morgan fingerprint density at radius 2 is 1.97 bits per heavy atom. The monoisotopic (exact) mass is 431 g/mol. The van der Waals surface area contributed by atoms with Crippen molar-refractivity contribution < 1.29 is 23.4 Å². The lowest BCUT2D eigenvalue weighted by atomic mass is 10.1. The molecule has 0 bridgehead atoms. The van der Waals surface area contributed by atoms with Crippen molar-refractivity contribution in [3.63, 3.8) is 0 Å². The number of pyridine rings is 1. The van der Waals surface area contributed by atoms with E-state index in [-0.39, 0.29) is 24.3 Å². The van der Waals surface area contributed by atoms with Crippen LogP contribution in [0.5, 0.6) is 5.75 Å². The number of hydrogen-bond acceptors (Lipinski definition) is 8. The first-order chi connectivity index (χ1) is 15.0. The van der Waals surface area contributed by atoms with Gasteiger partial charge in [0.15, 0.2) is 23.2 Å². The van der Waals surface area contributed by atoms with Crippen LogP contribution in [0.3, 0.4) is 0 Å². The molecule has 1 aliphatic heterocycles. The van der Waals surface area contributed by atoms with Gasteiger partial charge in [0.2, 0.25) is 0 Å². The predicted molar refractivity (Wildman–Crippen MR) is 111 cm³/mol. The van der Waals surface area contributed by atoms with Crippen LogP contribution in [0.25, 0.3) is 11.0 Å². The van der Waals surface area contributed by atoms with Gasteiger partial charge >= 0.3 is 0 Å². The predicted octanol–water partition coefficient (Wildman–Crippen LogP) is 2.61. The number of methoxy groups -OCH3 is 1. The first-order valence-corrected chi connectivity index (χ1v) is 9.92. The summed E-state index contributed by atoms with van der Waals surface area (Å²) >= 11 is 0. The molecule has 1 fully saturated rings. The Labute approximate surface area is 177 Å². The number of benzene rings is 1. The molecule has 0 amide bonds. The topological polar surface area (TPSA) is 107 Å². The van der Waals surface area contributed by atoms with E-state index in [1.807, 2.05) is 4.90 Å². The van der Waals surface area contributed by atoms with E-state index >= 15 is 0 Å². The Kier molecular flexibility index (Phi) is 6.10. The zero-order valence-electron chi connectivity index (χ0n) is 17.0. The summed E-state index contributed by atoms with van der Waals surface area (Å²) < 4.78 is 37.8. The van der Waals surface area contributed by atoms with Crippen LogP contribution in [0.4, 0.5) is 20.4 Å². The number of aliphatic hydroxyl groups is 1. The molecule has 1 aliphatic rings. The van der Waals surface area contributed by atoms with Crippen LogP contribution in [-0.2, 0) is 4.74 Å². The number of ether oxygens (including phenoxy) is 2. The summed E-state index contributed by atoms with van der Waals surface area (Å²) in [4.78, 5) is 15.4. The number of nitrogens with zero attached hydrogens (tertiary/aromatic N) is 4. The third-order valence-electron chi connectivity index (χ3n) is 5.29. The molecule has 164 valence electrons. The number of aliphatic hydroxyl groups excluding tert-OH is 1. The van der Waals surface area contributed by atoms with E-state index in [2.05, 4.69) is 15.0 Å². The number of fused-ring (bicyclic) bond motifs is 1. The Morgan fingerprint density at radius 3 is 2.65 bits per heavy atom. The van der Waals surface area contributed by atoms with Crippen molar-refractivity contribution in [3.8, 4) is 5.75 Å². The Hall–Kier alpha value is -3.11. The molecule has 2 aromatic heterocycles. The second-order valence-electron chi connectivity index (χ2n) is 7.32. The highest BCUT2D eigenvalue weighted by Gasteiger charge is 2.25. The second kappa shape index (κ2) is 8.94.